The molecular formula is C15H22O6. The predicted octanol–water partition coefficient (Wildman–Crippen LogP) is 1.45. The first kappa shape index (κ1) is 17.3. The van der Waals surface area contributed by atoms with E-state index < -0.39 is 23.3 Å². The summed E-state index contributed by atoms with van der Waals surface area (Å²) in [6.07, 6.45) is 0.483. The standard InChI is InChI=1S/C15H22O6/c1-4-20-13(18)15(14(19)21-5-2)8-11(12(17)9-15)7-6-10(3)16/h11H,4-9H2,1-3H3. The van der Waals surface area contributed by atoms with Gasteiger partial charge in [-0.2, -0.15) is 0 Å². The molecule has 0 N–H and O–H groups in total. The van der Waals surface area contributed by atoms with Gasteiger partial charge in [0.05, 0.1) is 13.2 Å². The molecule has 1 fully saturated rings. The fraction of sp³-hybridized carbons (Fsp3) is 0.733. The zero-order valence-corrected chi connectivity index (χ0v) is 12.8. The molecule has 1 aliphatic carbocycles. The summed E-state index contributed by atoms with van der Waals surface area (Å²) in [6.45, 7) is 4.99. The maximum absolute atomic E-state index is 12.2. The maximum Gasteiger partial charge on any atom is 0.323 e. The number of carbonyl (C=O) groups excluding carboxylic acids is 4. The molecule has 0 spiro atoms. The van der Waals surface area contributed by atoms with E-state index >= 15 is 0 Å². The summed E-state index contributed by atoms with van der Waals surface area (Å²) in [4.78, 5) is 47.5. The van der Waals surface area contributed by atoms with Crippen molar-refractivity contribution in [1.82, 2.24) is 0 Å². The third kappa shape index (κ3) is 3.89. The van der Waals surface area contributed by atoms with E-state index in [1.807, 2.05) is 0 Å². The molecule has 1 saturated carbocycles. The summed E-state index contributed by atoms with van der Waals surface area (Å²) in [5.41, 5.74) is -1.54. The Bertz CT molecular complexity index is 421. The van der Waals surface area contributed by atoms with E-state index in [0.717, 1.165) is 0 Å². The quantitative estimate of drug-likeness (QED) is 0.522. The molecule has 0 bridgehead atoms. The molecule has 1 atom stereocenters. The highest BCUT2D eigenvalue weighted by Crippen LogP contribution is 2.43. The lowest BCUT2D eigenvalue weighted by Crippen LogP contribution is -2.40. The molecular weight excluding hydrogens is 276 g/mol. The number of carbonyl (C=O) groups is 4. The van der Waals surface area contributed by atoms with E-state index in [2.05, 4.69) is 0 Å². The van der Waals surface area contributed by atoms with Gasteiger partial charge in [-0.3, -0.25) is 14.4 Å². The Morgan fingerprint density at radius 1 is 1.14 bits per heavy atom. The molecule has 0 aromatic heterocycles. The summed E-state index contributed by atoms with van der Waals surface area (Å²) in [7, 11) is 0. The van der Waals surface area contributed by atoms with Crippen LogP contribution in [0.4, 0.5) is 0 Å². The first-order valence-corrected chi connectivity index (χ1v) is 7.24. The van der Waals surface area contributed by atoms with Crippen LogP contribution in [0.3, 0.4) is 0 Å². The number of rotatable bonds is 7. The maximum atomic E-state index is 12.2. The van der Waals surface area contributed by atoms with Gasteiger partial charge in [-0.25, -0.2) is 0 Å². The number of esters is 2. The highest BCUT2D eigenvalue weighted by atomic mass is 16.6. The van der Waals surface area contributed by atoms with Crippen LogP contribution in [0.2, 0.25) is 0 Å². The molecule has 1 aliphatic rings. The zero-order valence-electron chi connectivity index (χ0n) is 12.8. The van der Waals surface area contributed by atoms with Crippen LogP contribution < -0.4 is 0 Å². The molecule has 0 aliphatic heterocycles. The number of ether oxygens (including phenoxy) is 2. The second-order valence-electron chi connectivity index (χ2n) is 5.31. The average Bonchev–Trinajstić information content (AvgIpc) is 2.75. The number of hydrogen-bond donors (Lipinski definition) is 0. The van der Waals surface area contributed by atoms with Crippen LogP contribution in [0.1, 0.15) is 46.5 Å². The van der Waals surface area contributed by atoms with E-state index in [-0.39, 0.29) is 44.0 Å². The van der Waals surface area contributed by atoms with Crippen molar-refractivity contribution in [1.29, 1.82) is 0 Å². The Balaban J connectivity index is 2.94. The predicted molar refractivity (Wildman–Crippen MR) is 73.3 cm³/mol. The molecule has 118 valence electrons. The number of Topliss-reactive ketones (excluding diaryl/α,β-unsaturated/α-hetero) is 2. The van der Waals surface area contributed by atoms with Gasteiger partial charge in [0.15, 0.2) is 5.41 Å². The monoisotopic (exact) mass is 298 g/mol. The number of ketones is 2. The van der Waals surface area contributed by atoms with Crippen molar-refractivity contribution in [3.8, 4) is 0 Å². The van der Waals surface area contributed by atoms with Gasteiger partial charge in [-0.1, -0.05) is 0 Å². The second kappa shape index (κ2) is 7.33. The van der Waals surface area contributed by atoms with Crippen molar-refractivity contribution in [2.75, 3.05) is 13.2 Å². The fourth-order valence-electron chi connectivity index (χ4n) is 2.62. The molecule has 0 saturated heterocycles. The van der Waals surface area contributed by atoms with Gasteiger partial charge in [0.1, 0.15) is 11.6 Å². The summed E-state index contributed by atoms with van der Waals surface area (Å²) in [5.74, 6) is -2.09. The topological polar surface area (TPSA) is 86.7 Å². The minimum absolute atomic E-state index is 0.0208. The second-order valence-corrected chi connectivity index (χ2v) is 5.31. The number of hydrogen-bond acceptors (Lipinski definition) is 6. The lowest BCUT2D eigenvalue weighted by atomic mass is 9.84. The molecule has 1 rings (SSSR count). The molecule has 1 unspecified atom stereocenters. The molecule has 21 heavy (non-hydrogen) atoms. The van der Waals surface area contributed by atoms with Crippen LogP contribution in [0.25, 0.3) is 0 Å². The Labute approximate surface area is 124 Å². The van der Waals surface area contributed by atoms with E-state index in [1.165, 1.54) is 6.92 Å². The van der Waals surface area contributed by atoms with E-state index in [0.29, 0.717) is 6.42 Å². The lowest BCUT2D eigenvalue weighted by Gasteiger charge is -2.23. The van der Waals surface area contributed by atoms with Crippen LogP contribution in [-0.2, 0) is 28.7 Å². The van der Waals surface area contributed by atoms with Gasteiger partial charge in [-0.05, 0) is 33.6 Å². The molecule has 0 heterocycles. The smallest absolute Gasteiger partial charge is 0.323 e. The third-order valence-corrected chi connectivity index (χ3v) is 3.70. The van der Waals surface area contributed by atoms with Crippen LogP contribution >= 0.6 is 0 Å². The van der Waals surface area contributed by atoms with Crippen LogP contribution in [0.5, 0.6) is 0 Å². The molecule has 0 amide bonds. The molecule has 0 aromatic carbocycles. The van der Waals surface area contributed by atoms with Gasteiger partial charge >= 0.3 is 11.9 Å². The summed E-state index contributed by atoms with van der Waals surface area (Å²) in [5, 5.41) is 0. The Morgan fingerprint density at radius 3 is 2.10 bits per heavy atom. The average molecular weight is 298 g/mol. The van der Waals surface area contributed by atoms with Crippen molar-refractivity contribution < 1.29 is 28.7 Å². The van der Waals surface area contributed by atoms with Crippen LogP contribution in [0.15, 0.2) is 0 Å². The Morgan fingerprint density at radius 2 is 1.67 bits per heavy atom. The minimum atomic E-state index is -1.54. The van der Waals surface area contributed by atoms with Crippen molar-refractivity contribution in [2.45, 2.75) is 46.5 Å². The first-order chi connectivity index (χ1) is 9.87. The van der Waals surface area contributed by atoms with Crippen molar-refractivity contribution in [2.24, 2.45) is 11.3 Å². The molecule has 6 nitrogen and oxygen atoms in total. The summed E-state index contributed by atoms with van der Waals surface area (Å²) >= 11 is 0. The zero-order chi connectivity index (χ0) is 16.0. The fourth-order valence-corrected chi connectivity index (χ4v) is 2.62. The minimum Gasteiger partial charge on any atom is -0.465 e. The van der Waals surface area contributed by atoms with Crippen LogP contribution in [0, 0.1) is 11.3 Å². The highest BCUT2D eigenvalue weighted by molar-refractivity contribution is 6.07. The molecule has 0 aromatic rings. The SMILES string of the molecule is CCOC(=O)C1(C(=O)OCC)CC(=O)C(CCC(C)=O)C1. The summed E-state index contributed by atoms with van der Waals surface area (Å²) < 4.78 is 9.92. The van der Waals surface area contributed by atoms with E-state index in [4.69, 9.17) is 9.47 Å². The first-order valence-electron chi connectivity index (χ1n) is 7.24. The van der Waals surface area contributed by atoms with Crippen LogP contribution in [-0.4, -0.2) is 36.7 Å². The third-order valence-electron chi connectivity index (χ3n) is 3.70. The highest BCUT2D eigenvalue weighted by Gasteiger charge is 2.57. The lowest BCUT2D eigenvalue weighted by molar-refractivity contribution is -0.172. The van der Waals surface area contributed by atoms with Gasteiger partial charge in [0.2, 0.25) is 0 Å². The van der Waals surface area contributed by atoms with Gasteiger partial charge in [-0.15, -0.1) is 0 Å². The largest absolute Gasteiger partial charge is 0.465 e. The molecule has 0 radical (unpaired) electrons. The van der Waals surface area contributed by atoms with Gasteiger partial charge in [0, 0.05) is 18.8 Å². The normalized spacial score (nSPS) is 20.1. The van der Waals surface area contributed by atoms with Crippen molar-refractivity contribution in [3.05, 3.63) is 0 Å². The summed E-state index contributed by atoms with van der Waals surface area (Å²) in [6, 6.07) is 0. The van der Waals surface area contributed by atoms with E-state index in [9.17, 15) is 19.2 Å². The van der Waals surface area contributed by atoms with Gasteiger partial charge in [0.25, 0.3) is 0 Å². The van der Waals surface area contributed by atoms with Gasteiger partial charge < -0.3 is 14.3 Å². The Hall–Kier alpha value is -1.72. The molecule has 6 heteroatoms. The van der Waals surface area contributed by atoms with Crippen molar-refractivity contribution in [3.63, 3.8) is 0 Å². The van der Waals surface area contributed by atoms with Crippen molar-refractivity contribution >= 4 is 23.5 Å². The Kier molecular flexibility index (Phi) is 6.05. The van der Waals surface area contributed by atoms with E-state index in [1.54, 1.807) is 13.8 Å².